The van der Waals surface area contributed by atoms with Gasteiger partial charge in [-0.05, 0) is 25.8 Å². The first kappa shape index (κ1) is 14.6. The Bertz CT molecular complexity index is 470. The van der Waals surface area contributed by atoms with Crippen molar-refractivity contribution in [3.05, 3.63) is 28.3 Å². The van der Waals surface area contributed by atoms with Crippen molar-refractivity contribution in [1.82, 2.24) is 0 Å². The zero-order valence-electron chi connectivity index (χ0n) is 12.3. The summed E-state index contributed by atoms with van der Waals surface area (Å²) in [5.74, 6) is 0. The number of nitro benzene ring substituents is 1. The summed E-state index contributed by atoms with van der Waals surface area (Å²) < 4.78 is 0. The molecule has 0 saturated heterocycles. The van der Waals surface area contributed by atoms with Crippen molar-refractivity contribution < 1.29 is 4.92 Å². The monoisotopic (exact) mass is 277 g/mol. The molecule has 1 aliphatic rings. The molecule has 5 nitrogen and oxygen atoms in total. The molecule has 1 aromatic rings. The van der Waals surface area contributed by atoms with Gasteiger partial charge in [0.2, 0.25) is 0 Å². The molecular weight excluding hydrogens is 254 g/mol. The van der Waals surface area contributed by atoms with E-state index in [9.17, 15) is 10.1 Å². The summed E-state index contributed by atoms with van der Waals surface area (Å²) in [5.41, 5.74) is 1.91. The maximum absolute atomic E-state index is 11.1. The van der Waals surface area contributed by atoms with Crippen molar-refractivity contribution in [3.63, 3.8) is 0 Å². The number of hydrogen-bond acceptors (Lipinski definition) is 4. The van der Waals surface area contributed by atoms with Crippen LogP contribution >= 0.6 is 0 Å². The summed E-state index contributed by atoms with van der Waals surface area (Å²) in [6, 6.07) is 5.79. The number of nitro groups is 1. The van der Waals surface area contributed by atoms with Gasteiger partial charge in [-0.15, -0.1) is 0 Å². The number of rotatable bonds is 5. The van der Waals surface area contributed by atoms with Crippen molar-refractivity contribution in [3.8, 4) is 0 Å². The minimum Gasteiger partial charge on any atom is -0.388 e. The quantitative estimate of drug-likeness (QED) is 0.657. The molecular formula is C15H23N3O2. The van der Waals surface area contributed by atoms with Crippen LogP contribution in [0.5, 0.6) is 0 Å². The van der Waals surface area contributed by atoms with Gasteiger partial charge < -0.3 is 10.2 Å². The van der Waals surface area contributed by atoms with Gasteiger partial charge in [0.15, 0.2) is 0 Å². The molecule has 0 bridgehead atoms. The Morgan fingerprint density at radius 3 is 2.55 bits per heavy atom. The van der Waals surface area contributed by atoms with E-state index in [0.29, 0.717) is 6.04 Å². The number of nitrogens with zero attached hydrogens (tertiary/aromatic N) is 2. The van der Waals surface area contributed by atoms with Crippen LogP contribution in [0.15, 0.2) is 18.2 Å². The lowest BCUT2D eigenvalue weighted by Gasteiger charge is -2.35. The third-order valence-electron chi connectivity index (χ3n) is 4.09. The molecule has 0 heterocycles. The average Bonchev–Trinajstić information content (AvgIpc) is 2.48. The molecule has 1 aliphatic carbocycles. The molecule has 0 unspecified atom stereocenters. The third-order valence-corrected chi connectivity index (χ3v) is 4.09. The third kappa shape index (κ3) is 3.21. The summed E-state index contributed by atoms with van der Waals surface area (Å²) in [6.45, 7) is 3.00. The predicted octanol–water partition coefficient (Wildman–Crippen LogP) is 3.80. The summed E-state index contributed by atoms with van der Waals surface area (Å²) >= 11 is 0. The largest absolute Gasteiger partial charge is 0.388 e. The zero-order valence-corrected chi connectivity index (χ0v) is 12.3. The topological polar surface area (TPSA) is 58.4 Å². The Labute approximate surface area is 120 Å². The second-order valence-electron chi connectivity index (χ2n) is 5.32. The first-order chi connectivity index (χ1) is 9.65. The van der Waals surface area contributed by atoms with Crippen molar-refractivity contribution in [2.24, 2.45) is 0 Å². The second kappa shape index (κ2) is 6.59. The molecule has 1 fully saturated rings. The number of non-ortho nitro benzene ring substituents is 1. The Hall–Kier alpha value is -1.78. The van der Waals surface area contributed by atoms with Crippen LogP contribution in [-0.4, -0.2) is 24.6 Å². The summed E-state index contributed by atoms with van der Waals surface area (Å²) in [5, 5.41) is 14.1. The van der Waals surface area contributed by atoms with Gasteiger partial charge in [0.25, 0.3) is 5.69 Å². The number of anilines is 2. The van der Waals surface area contributed by atoms with Crippen LogP contribution in [0.2, 0.25) is 0 Å². The summed E-state index contributed by atoms with van der Waals surface area (Å²) in [7, 11) is 1.79. The highest BCUT2D eigenvalue weighted by Crippen LogP contribution is 2.31. The molecule has 1 N–H and O–H groups in total. The highest BCUT2D eigenvalue weighted by atomic mass is 16.6. The van der Waals surface area contributed by atoms with E-state index in [1.54, 1.807) is 19.2 Å². The maximum Gasteiger partial charge on any atom is 0.273 e. The standard InChI is InChI=1S/C15H23N3O2/c1-3-17(13-7-5-4-6-8-13)14-9-12(16-2)10-15(11-14)18(19)20/h9-11,13,16H,3-8H2,1-2H3. The number of benzene rings is 1. The van der Waals surface area contributed by atoms with E-state index < -0.39 is 0 Å². The Kier molecular flexibility index (Phi) is 4.82. The predicted molar refractivity (Wildman–Crippen MR) is 82.5 cm³/mol. The lowest BCUT2D eigenvalue weighted by Crippen LogP contribution is -2.36. The van der Waals surface area contributed by atoms with Crippen LogP contribution in [0, 0.1) is 10.1 Å². The fraction of sp³-hybridized carbons (Fsp3) is 0.600. The molecule has 5 heteroatoms. The lowest BCUT2D eigenvalue weighted by atomic mass is 9.93. The molecule has 0 radical (unpaired) electrons. The second-order valence-corrected chi connectivity index (χ2v) is 5.32. The van der Waals surface area contributed by atoms with E-state index in [1.165, 1.54) is 32.1 Å². The highest BCUT2D eigenvalue weighted by Gasteiger charge is 2.22. The van der Waals surface area contributed by atoms with Crippen molar-refractivity contribution in [2.45, 2.75) is 45.1 Å². The van der Waals surface area contributed by atoms with E-state index in [2.05, 4.69) is 17.1 Å². The van der Waals surface area contributed by atoms with Crippen molar-refractivity contribution >= 4 is 17.1 Å². The zero-order chi connectivity index (χ0) is 14.5. The Balaban J connectivity index is 2.32. The van der Waals surface area contributed by atoms with Gasteiger partial charge in [-0.25, -0.2) is 0 Å². The normalized spacial score (nSPS) is 15.9. The number of nitrogens with one attached hydrogen (secondary N) is 1. The molecule has 0 spiro atoms. The maximum atomic E-state index is 11.1. The van der Waals surface area contributed by atoms with Gasteiger partial charge in [-0.1, -0.05) is 19.3 Å². The molecule has 20 heavy (non-hydrogen) atoms. The average molecular weight is 277 g/mol. The minimum absolute atomic E-state index is 0.154. The lowest BCUT2D eigenvalue weighted by molar-refractivity contribution is -0.384. The van der Waals surface area contributed by atoms with E-state index in [4.69, 9.17) is 0 Å². The molecule has 0 aliphatic heterocycles. The smallest absolute Gasteiger partial charge is 0.273 e. The molecule has 1 aromatic carbocycles. The highest BCUT2D eigenvalue weighted by molar-refractivity contribution is 5.64. The van der Waals surface area contributed by atoms with Crippen LogP contribution in [-0.2, 0) is 0 Å². The SMILES string of the molecule is CCN(c1cc(NC)cc([N+](=O)[O-])c1)C1CCCCC1. The van der Waals surface area contributed by atoms with Gasteiger partial charge in [0.05, 0.1) is 4.92 Å². The minimum atomic E-state index is -0.320. The van der Waals surface area contributed by atoms with Crippen LogP contribution < -0.4 is 10.2 Å². The van der Waals surface area contributed by atoms with E-state index in [-0.39, 0.29) is 10.6 Å². The number of hydrogen-bond donors (Lipinski definition) is 1. The Morgan fingerprint density at radius 1 is 1.30 bits per heavy atom. The molecule has 110 valence electrons. The van der Waals surface area contributed by atoms with Gasteiger partial charge in [-0.2, -0.15) is 0 Å². The van der Waals surface area contributed by atoms with E-state index in [1.807, 2.05) is 6.07 Å². The molecule has 2 rings (SSSR count). The van der Waals surface area contributed by atoms with E-state index in [0.717, 1.165) is 17.9 Å². The molecule has 0 atom stereocenters. The molecule has 0 aromatic heterocycles. The van der Waals surface area contributed by atoms with Gasteiger partial charge in [0, 0.05) is 43.1 Å². The van der Waals surface area contributed by atoms with Crippen LogP contribution in [0.25, 0.3) is 0 Å². The first-order valence-electron chi connectivity index (χ1n) is 7.39. The van der Waals surface area contributed by atoms with Crippen LogP contribution in [0.4, 0.5) is 17.1 Å². The first-order valence-corrected chi connectivity index (χ1v) is 7.39. The molecule has 0 amide bonds. The van der Waals surface area contributed by atoms with Gasteiger partial charge in [-0.3, -0.25) is 10.1 Å². The summed E-state index contributed by atoms with van der Waals surface area (Å²) in [6.07, 6.45) is 6.20. The van der Waals surface area contributed by atoms with Crippen molar-refractivity contribution in [1.29, 1.82) is 0 Å². The molecule has 1 saturated carbocycles. The van der Waals surface area contributed by atoms with Crippen LogP contribution in [0.3, 0.4) is 0 Å². The van der Waals surface area contributed by atoms with Crippen LogP contribution in [0.1, 0.15) is 39.0 Å². The fourth-order valence-corrected chi connectivity index (χ4v) is 3.06. The van der Waals surface area contributed by atoms with Gasteiger partial charge >= 0.3 is 0 Å². The van der Waals surface area contributed by atoms with Crippen molar-refractivity contribution in [2.75, 3.05) is 23.8 Å². The van der Waals surface area contributed by atoms with E-state index >= 15 is 0 Å². The summed E-state index contributed by atoms with van der Waals surface area (Å²) in [4.78, 5) is 13.1. The fourth-order valence-electron chi connectivity index (χ4n) is 3.06. The Morgan fingerprint density at radius 2 is 2.00 bits per heavy atom. The van der Waals surface area contributed by atoms with Gasteiger partial charge in [0.1, 0.15) is 0 Å².